The number of alkyl halides is 3. The molecule has 1 rings (SSSR count). The zero-order valence-corrected chi connectivity index (χ0v) is 11.9. The average Bonchev–Trinajstić information content (AvgIpc) is 2.26. The summed E-state index contributed by atoms with van der Waals surface area (Å²) >= 11 is 3.04. The molecule has 0 saturated carbocycles. The SMILES string of the molecule is O=[N+]([O-])c1cc(Br)cc(CNCCSC(F)(F)F)c1. The Kier molecular flexibility index (Phi) is 6.08. The number of nitro groups is 1. The summed E-state index contributed by atoms with van der Waals surface area (Å²) in [6.45, 7) is 0.448. The van der Waals surface area contributed by atoms with Crippen LogP contribution in [-0.2, 0) is 6.54 Å². The quantitative estimate of drug-likeness (QED) is 0.478. The Morgan fingerprint density at radius 1 is 1.37 bits per heavy atom. The van der Waals surface area contributed by atoms with Crippen LogP contribution in [-0.4, -0.2) is 22.7 Å². The molecular formula is C10H10BrF3N2O2S. The van der Waals surface area contributed by atoms with Gasteiger partial charge in [0.2, 0.25) is 0 Å². The number of nitro benzene ring substituents is 1. The monoisotopic (exact) mass is 358 g/mol. The largest absolute Gasteiger partial charge is 0.441 e. The molecule has 0 aliphatic rings. The molecule has 0 fully saturated rings. The molecule has 106 valence electrons. The van der Waals surface area contributed by atoms with Crippen LogP contribution in [0.15, 0.2) is 22.7 Å². The number of non-ortho nitro benzene ring substituents is 1. The Labute approximate surface area is 120 Å². The van der Waals surface area contributed by atoms with Gasteiger partial charge in [0.25, 0.3) is 5.69 Å². The maximum absolute atomic E-state index is 11.9. The molecule has 0 bridgehead atoms. The van der Waals surface area contributed by atoms with Crippen LogP contribution < -0.4 is 5.32 Å². The maximum atomic E-state index is 11.9. The molecular weight excluding hydrogens is 349 g/mol. The van der Waals surface area contributed by atoms with Gasteiger partial charge >= 0.3 is 5.51 Å². The van der Waals surface area contributed by atoms with Crippen LogP contribution in [0.3, 0.4) is 0 Å². The molecule has 1 aromatic carbocycles. The fourth-order valence-electron chi connectivity index (χ4n) is 1.31. The molecule has 4 nitrogen and oxygen atoms in total. The molecule has 0 atom stereocenters. The number of hydrogen-bond donors (Lipinski definition) is 1. The first-order valence-corrected chi connectivity index (χ1v) is 6.91. The molecule has 1 N–H and O–H groups in total. The van der Waals surface area contributed by atoms with Crippen molar-refractivity contribution in [3.63, 3.8) is 0 Å². The second kappa shape index (κ2) is 7.11. The number of rotatable bonds is 6. The highest BCUT2D eigenvalue weighted by Gasteiger charge is 2.27. The van der Waals surface area contributed by atoms with Crippen LogP contribution >= 0.6 is 27.7 Å². The van der Waals surface area contributed by atoms with Crippen molar-refractivity contribution in [3.8, 4) is 0 Å². The van der Waals surface area contributed by atoms with Gasteiger partial charge < -0.3 is 5.32 Å². The number of thioether (sulfide) groups is 1. The van der Waals surface area contributed by atoms with E-state index < -0.39 is 10.4 Å². The number of nitrogens with zero attached hydrogens (tertiary/aromatic N) is 1. The summed E-state index contributed by atoms with van der Waals surface area (Å²) in [5, 5.41) is 13.4. The second-order valence-corrected chi connectivity index (χ2v) is 5.62. The smallest absolute Gasteiger partial charge is 0.312 e. The van der Waals surface area contributed by atoms with E-state index in [0.717, 1.165) is 0 Å². The molecule has 0 spiro atoms. The second-order valence-electron chi connectivity index (χ2n) is 3.55. The van der Waals surface area contributed by atoms with E-state index >= 15 is 0 Å². The van der Waals surface area contributed by atoms with Gasteiger partial charge in [0.15, 0.2) is 0 Å². The Balaban J connectivity index is 2.43. The molecule has 0 aliphatic heterocycles. The number of halogens is 4. The van der Waals surface area contributed by atoms with E-state index in [1.807, 2.05) is 0 Å². The van der Waals surface area contributed by atoms with Crippen molar-refractivity contribution >= 4 is 33.4 Å². The highest BCUT2D eigenvalue weighted by atomic mass is 79.9. The summed E-state index contributed by atoms with van der Waals surface area (Å²) < 4.78 is 36.1. The summed E-state index contributed by atoms with van der Waals surface area (Å²) in [4.78, 5) is 10.1. The van der Waals surface area contributed by atoms with Crippen LogP contribution in [0.4, 0.5) is 18.9 Å². The lowest BCUT2D eigenvalue weighted by Gasteiger charge is -2.07. The third kappa shape index (κ3) is 6.79. The lowest BCUT2D eigenvalue weighted by Crippen LogP contribution is -2.18. The maximum Gasteiger partial charge on any atom is 0.441 e. The lowest BCUT2D eigenvalue weighted by atomic mass is 10.2. The highest BCUT2D eigenvalue weighted by molar-refractivity contribution is 9.10. The van der Waals surface area contributed by atoms with Gasteiger partial charge in [0, 0.05) is 35.4 Å². The van der Waals surface area contributed by atoms with E-state index in [9.17, 15) is 23.3 Å². The zero-order valence-electron chi connectivity index (χ0n) is 9.54. The summed E-state index contributed by atoms with van der Waals surface area (Å²) in [5.74, 6) is -0.0976. The van der Waals surface area contributed by atoms with E-state index in [0.29, 0.717) is 10.0 Å². The topological polar surface area (TPSA) is 55.2 Å². The van der Waals surface area contributed by atoms with Gasteiger partial charge in [-0.1, -0.05) is 15.9 Å². The molecule has 0 aromatic heterocycles. The van der Waals surface area contributed by atoms with Gasteiger partial charge in [-0.25, -0.2) is 0 Å². The van der Waals surface area contributed by atoms with E-state index in [-0.39, 0.29) is 36.3 Å². The average molecular weight is 359 g/mol. The normalized spacial score (nSPS) is 11.6. The third-order valence-electron chi connectivity index (χ3n) is 2.03. The molecule has 0 heterocycles. The van der Waals surface area contributed by atoms with Crippen molar-refractivity contribution < 1.29 is 18.1 Å². The van der Waals surface area contributed by atoms with Crippen LogP contribution in [0.25, 0.3) is 0 Å². The van der Waals surface area contributed by atoms with Crippen LogP contribution in [0.2, 0.25) is 0 Å². The van der Waals surface area contributed by atoms with Crippen molar-refractivity contribution in [2.45, 2.75) is 12.1 Å². The Bertz CT molecular complexity index is 457. The summed E-state index contributed by atoms with van der Waals surface area (Å²) in [6, 6.07) is 4.43. The number of benzene rings is 1. The first-order valence-electron chi connectivity index (χ1n) is 5.13. The Morgan fingerprint density at radius 3 is 2.63 bits per heavy atom. The first kappa shape index (κ1) is 16.3. The van der Waals surface area contributed by atoms with Gasteiger partial charge in [0.05, 0.1) is 4.92 Å². The lowest BCUT2D eigenvalue weighted by molar-refractivity contribution is -0.385. The standard InChI is InChI=1S/C10H10BrF3N2O2S/c11-8-3-7(4-9(5-8)16(17)18)6-15-1-2-19-10(12,13)14/h3-5,15H,1-2,6H2. The number of hydrogen-bond acceptors (Lipinski definition) is 4. The molecule has 0 aliphatic carbocycles. The van der Waals surface area contributed by atoms with Crippen LogP contribution in [0, 0.1) is 10.1 Å². The zero-order chi connectivity index (χ0) is 14.5. The Hall–Kier alpha value is -0.800. The van der Waals surface area contributed by atoms with Gasteiger partial charge in [0.1, 0.15) is 0 Å². The van der Waals surface area contributed by atoms with Crippen molar-refractivity contribution in [1.29, 1.82) is 0 Å². The van der Waals surface area contributed by atoms with Gasteiger partial charge in [-0.05, 0) is 23.4 Å². The molecule has 0 unspecified atom stereocenters. The Morgan fingerprint density at radius 2 is 2.05 bits per heavy atom. The fraction of sp³-hybridized carbons (Fsp3) is 0.400. The molecule has 1 aromatic rings. The van der Waals surface area contributed by atoms with E-state index in [4.69, 9.17) is 0 Å². The van der Waals surface area contributed by atoms with E-state index in [1.54, 1.807) is 6.07 Å². The van der Waals surface area contributed by atoms with E-state index in [1.165, 1.54) is 12.1 Å². The van der Waals surface area contributed by atoms with Gasteiger partial charge in [-0.15, -0.1) is 0 Å². The first-order chi connectivity index (χ1) is 8.78. The number of nitrogens with one attached hydrogen (secondary N) is 1. The molecule has 0 saturated heterocycles. The summed E-state index contributed by atoms with van der Waals surface area (Å²) in [6.07, 6.45) is 0. The van der Waals surface area contributed by atoms with Crippen molar-refractivity contribution in [3.05, 3.63) is 38.3 Å². The van der Waals surface area contributed by atoms with Crippen molar-refractivity contribution in [1.82, 2.24) is 5.32 Å². The third-order valence-corrected chi connectivity index (χ3v) is 3.22. The minimum absolute atomic E-state index is 0.0594. The van der Waals surface area contributed by atoms with Crippen LogP contribution in [0.5, 0.6) is 0 Å². The molecule has 9 heteroatoms. The highest BCUT2D eigenvalue weighted by Crippen LogP contribution is 2.29. The van der Waals surface area contributed by atoms with E-state index in [2.05, 4.69) is 21.2 Å². The van der Waals surface area contributed by atoms with Crippen LogP contribution in [0.1, 0.15) is 5.56 Å². The van der Waals surface area contributed by atoms with Crippen molar-refractivity contribution in [2.75, 3.05) is 12.3 Å². The predicted octanol–water partition coefficient (Wildman–Crippen LogP) is 3.70. The molecule has 0 amide bonds. The molecule has 0 radical (unpaired) electrons. The fourth-order valence-corrected chi connectivity index (χ4v) is 2.32. The van der Waals surface area contributed by atoms with Crippen molar-refractivity contribution in [2.24, 2.45) is 0 Å². The predicted molar refractivity (Wildman–Crippen MR) is 71.0 cm³/mol. The summed E-state index contributed by atoms with van der Waals surface area (Å²) in [7, 11) is 0. The van der Waals surface area contributed by atoms with Gasteiger partial charge in [-0.3, -0.25) is 10.1 Å². The van der Waals surface area contributed by atoms with Gasteiger partial charge in [-0.2, -0.15) is 13.2 Å². The summed E-state index contributed by atoms with van der Waals surface area (Å²) in [5.41, 5.74) is -3.65. The minimum Gasteiger partial charge on any atom is -0.312 e. The molecule has 19 heavy (non-hydrogen) atoms. The minimum atomic E-state index is -4.23.